The molecule has 2 heterocycles. The Balaban J connectivity index is 1.54. The van der Waals surface area contributed by atoms with Gasteiger partial charge in [-0.1, -0.05) is 0 Å². The van der Waals surface area contributed by atoms with Crippen LogP contribution in [0.15, 0.2) is 47.4 Å². The second kappa shape index (κ2) is 9.16. The first kappa shape index (κ1) is 22.1. The quantitative estimate of drug-likeness (QED) is 0.730. The van der Waals surface area contributed by atoms with Crippen molar-refractivity contribution in [2.24, 2.45) is 5.14 Å². The van der Waals surface area contributed by atoms with Gasteiger partial charge in [0.1, 0.15) is 0 Å². The van der Waals surface area contributed by atoms with Crippen molar-refractivity contribution < 1.29 is 17.9 Å². The van der Waals surface area contributed by atoms with Crippen LogP contribution in [-0.4, -0.2) is 71.7 Å². The number of nitrogens with two attached hydrogens (primary N) is 1. The first-order valence-corrected chi connectivity index (χ1v) is 12.0. The summed E-state index contributed by atoms with van der Waals surface area (Å²) in [6, 6.07) is 14.0. The van der Waals surface area contributed by atoms with Crippen molar-refractivity contribution in [3.05, 3.63) is 53.6 Å². The van der Waals surface area contributed by atoms with Crippen LogP contribution in [0.5, 0.6) is 0 Å². The highest BCUT2D eigenvalue weighted by molar-refractivity contribution is 7.89. The Bertz CT molecular complexity index is 1130. The molecule has 2 saturated heterocycles. The first-order valence-electron chi connectivity index (χ1n) is 10.4. The summed E-state index contributed by atoms with van der Waals surface area (Å²) >= 11 is 0. The number of amides is 1. The molecular weight excluding hydrogens is 430 g/mol. The molecule has 0 saturated carbocycles. The van der Waals surface area contributed by atoms with E-state index in [2.05, 4.69) is 11.0 Å². The van der Waals surface area contributed by atoms with Crippen molar-refractivity contribution in [2.75, 3.05) is 62.3 Å². The van der Waals surface area contributed by atoms with Crippen LogP contribution in [0.2, 0.25) is 0 Å². The molecule has 0 spiro atoms. The molecule has 0 radical (unpaired) electrons. The minimum absolute atomic E-state index is 0.0749. The SMILES string of the molecule is N#Cc1ccc(N2CCN(C(=O)c3cc(S(N)(=O)=O)ccc3N3CCOCC3)CC2)cc1. The van der Waals surface area contributed by atoms with Gasteiger partial charge in [0.2, 0.25) is 10.0 Å². The minimum Gasteiger partial charge on any atom is -0.378 e. The van der Waals surface area contributed by atoms with Gasteiger partial charge in [-0.05, 0) is 42.5 Å². The number of piperazine rings is 1. The number of carbonyl (C=O) groups is 1. The molecule has 9 nitrogen and oxygen atoms in total. The number of anilines is 2. The summed E-state index contributed by atoms with van der Waals surface area (Å²) in [5, 5.41) is 14.3. The number of rotatable bonds is 4. The number of nitrogens with zero attached hydrogens (tertiary/aromatic N) is 4. The van der Waals surface area contributed by atoms with Crippen LogP contribution in [0.25, 0.3) is 0 Å². The summed E-state index contributed by atoms with van der Waals surface area (Å²) < 4.78 is 29.2. The molecule has 0 bridgehead atoms. The molecule has 4 rings (SSSR count). The predicted molar refractivity (Wildman–Crippen MR) is 120 cm³/mol. The van der Waals surface area contributed by atoms with Crippen molar-refractivity contribution >= 4 is 27.3 Å². The summed E-state index contributed by atoms with van der Waals surface area (Å²) in [6.07, 6.45) is 0. The molecule has 168 valence electrons. The van der Waals surface area contributed by atoms with E-state index >= 15 is 0 Å². The third-order valence-electron chi connectivity index (χ3n) is 5.81. The van der Waals surface area contributed by atoms with E-state index in [9.17, 15) is 13.2 Å². The molecule has 2 aromatic carbocycles. The fourth-order valence-electron chi connectivity index (χ4n) is 4.03. The summed E-state index contributed by atoms with van der Waals surface area (Å²) in [4.78, 5) is 19.3. The molecule has 2 N–H and O–H groups in total. The van der Waals surface area contributed by atoms with Crippen LogP contribution in [0, 0.1) is 11.3 Å². The largest absolute Gasteiger partial charge is 0.378 e. The van der Waals surface area contributed by atoms with Crippen molar-refractivity contribution in [2.45, 2.75) is 4.90 Å². The van der Waals surface area contributed by atoms with Crippen LogP contribution in [0.4, 0.5) is 11.4 Å². The molecule has 1 amide bonds. The molecule has 32 heavy (non-hydrogen) atoms. The summed E-state index contributed by atoms with van der Waals surface area (Å²) in [6.45, 7) is 4.63. The van der Waals surface area contributed by atoms with Gasteiger partial charge in [0.05, 0.1) is 35.3 Å². The van der Waals surface area contributed by atoms with E-state index in [4.69, 9.17) is 15.1 Å². The lowest BCUT2D eigenvalue weighted by atomic mass is 10.1. The second-order valence-electron chi connectivity index (χ2n) is 7.76. The monoisotopic (exact) mass is 455 g/mol. The Morgan fingerprint density at radius 3 is 2.19 bits per heavy atom. The minimum atomic E-state index is -3.93. The van der Waals surface area contributed by atoms with Crippen molar-refractivity contribution in [1.29, 1.82) is 5.26 Å². The van der Waals surface area contributed by atoms with Crippen LogP contribution >= 0.6 is 0 Å². The average Bonchev–Trinajstić information content (AvgIpc) is 2.83. The fraction of sp³-hybridized carbons (Fsp3) is 0.364. The zero-order chi connectivity index (χ0) is 22.7. The second-order valence-corrected chi connectivity index (χ2v) is 9.32. The zero-order valence-electron chi connectivity index (χ0n) is 17.6. The molecule has 2 aliphatic heterocycles. The van der Waals surface area contributed by atoms with E-state index in [-0.39, 0.29) is 10.8 Å². The van der Waals surface area contributed by atoms with Gasteiger partial charge in [-0.3, -0.25) is 4.79 Å². The van der Waals surface area contributed by atoms with Gasteiger partial charge < -0.3 is 19.4 Å². The van der Waals surface area contributed by atoms with E-state index in [1.807, 2.05) is 17.0 Å². The predicted octanol–water partition coefficient (Wildman–Crippen LogP) is 1.00. The Kier molecular flexibility index (Phi) is 6.32. The maximum absolute atomic E-state index is 13.4. The van der Waals surface area contributed by atoms with E-state index in [0.29, 0.717) is 69.3 Å². The number of hydrogen-bond acceptors (Lipinski definition) is 7. The number of morpholine rings is 1. The molecular formula is C22H25N5O4S. The molecule has 0 aliphatic carbocycles. The molecule has 10 heteroatoms. The standard InChI is InChI=1S/C22H25N5O4S/c23-16-17-1-3-18(4-2-17)25-7-9-27(10-8-25)22(28)20-15-19(32(24,29)30)5-6-21(20)26-11-13-31-14-12-26/h1-6,15H,7-14H2,(H2,24,29,30). The van der Waals surface area contributed by atoms with Gasteiger partial charge in [0, 0.05) is 50.6 Å². The zero-order valence-corrected chi connectivity index (χ0v) is 18.4. The van der Waals surface area contributed by atoms with Crippen molar-refractivity contribution in [3.8, 4) is 6.07 Å². The van der Waals surface area contributed by atoms with Gasteiger partial charge in [-0.15, -0.1) is 0 Å². The van der Waals surface area contributed by atoms with Crippen LogP contribution < -0.4 is 14.9 Å². The normalized spacial score (nSPS) is 17.2. The van der Waals surface area contributed by atoms with Gasteiger partial charge in [-0.2, -0.15) is 5.26 Å². The maximum atomic E-state index is 13.4. The maximum Gasteiger partial charge on any atom is 0.256 e. The highest BCUT2D eigenvalue weighted by Gasteiger charge is 2.27. The highest BCUT2D eigenvalue weighted by Crippen LogP contribution is 2.27. The smallest absolute Gasteiger partial charge is 0.256 e. The number of benzene rings is 2. The number of primary sulfonamides is 1. The number of ether oxygens (including phenoxy) is 1. The topological polar surface area (TPSA) is 120 Å². The molecule has 2 aromatic rings. The molecule has 2 aliphatic rings. The Morgan fingerprint density at radius 1 is 0.938 bits per heavy atom. The molecule has 2 fully saturated rings. The summed E-state index contributed by atoms with van der Waals surface area (Å²) in [5.74, 6) is -0.212. The van der Waals surface area contributed by atoms with Crippen molar-refractivity contribution in [1.82, 2.24) is 4.90 Å². The van der Waals surface area contributed by atoms with Crippen LogP contribution in [0.3, 0.4) is 0 Å². The summed E-state index contributed by atoms with van der Waals surface area (Å²) in [7, 11) is -3.93. The highest BCUT2D eigenvalue weighted by atomic mass is 32.2. The average molecular weight is 456 g/mol. The Labute approximate surface area is 187 Å². The molecule has 0 unspecified atom stereocenters. The van der Waals surface area contributed by atoms with Crippen LogP contribution in [-0.2, 0) is 14.8 Å². The lowest BCUT2D eigenvalue weighted by Crippen LogP contribution is -2.49. The van der Waals surface area contributed by atoms with Crippen molar-refractivity contribution in [3.63, 3.8) is 0 Å². The Hall–Kier alpha value is -3.13. The van der Waals surface area contributed by atoms with Gasteiger partial charge in [0.25, 0.3) is 5.91 Å². The third-order valence-corrected chi connectivity index (χ3v) is 6.72. The van der Waals surface area contributed by atoms with E-state index in [1.54, 1.807) is 23.1 Å². The summed E-state index contributed by atoms with van der Waals surface area (Å²) in [5.41, 5.74) is 2.64. The molecule has 0 aromatic heterocycles. The molecule has 0 atom stereocenters. The van der Waals surface area contributed by atoms with E-state index < -0.39 is 10.0 Å². The number of carbonyl (C=O) groups excluding carboxylic acids is 1. The lowest BCUT2D eigenvalue weighted by molar-refractivity contribution is 0.0746. The van der Waals surface area contributed by atoms with E-state index in [0.717, 1.165) is 5.69 Å². The lowest BCUT2D eigenvalue weighted by Gasteiger charge is -2.37. The first-order chi connectivity index (χ1) is 15.4. The number of sulfonamides is 1. The van der Waals surface area contributed by atoms with Gasteiger partial charge in [0.15, 0.2) is 0 Å². The third kappa shape index (κ3) is 4.70. The van der Waals surface area contributed by atoms with Gasteiger partial charge in [-0.25, -0.2) is 13.6 Å². The van der Waals surface area contributed by atoms with E-state index in [1.165, 1.54) is 12.1 Å². The number of nitriles is 1. The number of hydrogen-bond donors (Lipinski definition) is 1. The van der Waals surface area contributed by atoms with Gasteiger partial charge >= 0.3 is 0 Å². The van der Waals surface area contributed by atoms with Crippen LogP contribution in [0.1, 0.15) is 15.9 Å². The Morgan fingerprint density at radius 2 is 1.59 bits per heavy atom. The fourth-order valence-corrected chi connectivity index (χ4v) is 4.57.